The van der Waals surface area contributed by atoms with Gasteiger partial charge in [-0.2, -0.15) is 0 Å². The summed E-state index contributed by atoms with van der Waals surface area (Å²) in [5.41, 5.74) is 4.03. The molecule has 1 aromatic carbocycles. The molecular weight excluding hydrogens is 296 g/mol. The molecule has 0 fully saturated rings. The molecule has 1 atom stereocenters. The Bertz CT molecular complexity index is 813. The summed E-state index contributed by atoms with van der Waals surface area (Å²) in [5, 5.41) is 2.01. The number of aromatic nitrogens is 2. The summed E-state index contributed by atoms with van der Waals surface area (Å²) in [6.07, 6.45) is 3.39. The Morgan fingerprint density at radius 1 is 1.18 bits per heavy atom. The van der Waals surface area contributed by atoms with Gasteiger partial charge in [-0.25, -0.2) is 4.79 Å². The third-order valence-corrected chi connectivity index (χ3v) is 4.52. The van der Waals surface area contributed by atoms with E-state index in [0.717, 1.165) is 22.2 Å². The predicted molar refractivity (Wildman–Crippen MR) is 87.3 cm³/mol. The van der Waals surface area contributed by atoms with Gasteiger partial charge in [0.15, 0.2) is 0 Å². The van der Waals surface area contributed by atoms with Crippen molar-refractivity contribution in [2.45, 2.75) is 19.8 Å². The van der Waals surface area contributed by atoms with Crippen LogP contribution in [-0.2, 0) is 4.74 Å². The van der Waals surface area contributed by atoms with E-state index in [4.69, 9.17) is 4.74 Å². The number of hydrogen-bond acceptors (Lipinski definition) is 5. The van der Waals surface area contributed by atoms with E-state index in [-0.39, 0.29) is 11.9 Å². The number of rotatable bonds is 4. The van der Waals surface area contributed by atoms with E-state index < -0.39 is 0 Å². The van der Waals surface area contributed by atoms with Crippen molar-refractivity contribution in [2.24, 2.45) is 0 Å². The molecule has 0 saturated heterocycles. The third-order valence-electron chi connectivity index (χ3n) is 3.59. The first-order valence-electron chi connectivity index (χ1n) is 7.15. The minimum absolute atomic E-state index is 0.186. The van der Waals surface area contributed by atoms with Crippen molar-refractivity contribution < 1.29 is 9.53 Å². The molecule has 4 nitrogen and oxygen atoms in total. The molecule has 0 aliphatic heterocycles. The molecule has 0 saturated carbocycles. The number of carbonyl (C=O) groups excluding carboxylic acids is 1. The summed E-state index contributed by atoms with van der Waals surface area (Å²) in [4.78, 5) is 21.0. The number of ether oxygens (including phenoxy) is 1. The Balaban J connectivity index is 1.88. The van der Waals surface area contributed by atoms with Gasteiger partial charge in [-0.3, -0.25) is 9.97 Å². The Morgan fingerprint density at radius 3 is 2.73 bits per heavy atom. The van der Waals surface area contributed by atoms with Crippen LogP contribution in [-0.4, -0.2) is 22.5 Å². The van der Waals surface area contributed by atoms with E-state index in [1.54, 1.807) is 12.4 Å². The van der Waals surface area contributed by atoms with Gasteiger partial charge in [-0.15, -0.1) is 11.3 Å². The zero-order valence-corrected chi connectivity index (χ0v) is 13.3. The van der Waals surface area contributed by atoms with Gasteiger partial charge in [0.1, 0.15) is 4.88 Å². The van der Waals surface area contributed by atoms with Crippen molar-refractivity contribution in [3.05, 3.63) is 58.0 Å². The topological polar surface area (TPSA) is 52.1 Å². The van der Waals surface area contributed by atoms with Crippen molar-refractivity contribution in [1.29, 1.82) is 0 Å². The monoisotopic (exact) mass is 312 g/mol. The first-order valence-corrected chi connectivity index (χ1v) is 8.03. The van der Waals surface area contributed by atoms with Crippen LogP contribution in [0.1, 0.15) is 40.6 Å². The van der Waals surface area contributed by atoms with Crippen molar-refractivity contribution in [3.8, 4) is 0 Å². The fraction of sp³-hybridized carbons (Fsp3) is 0.235. The normalized spacial score (nSPS) is 12.3. The molecule has 22 heavy (non-hydrogen) atoms. The molecule has 2 aromatic heterocycles. The molecule has 5 heteroatoms. The number of benzene rings is 1. The molecule has 0 spiro atoms. The average molecular weight is 312 g/mol. The van der Waals surface area contributed by atoms with E-state index in [9.17, 15) is 4.79 Å². The Kier molecular flexibility index (Phi) is 4.15. The number of carbonyl (C=O) groups is 1. The number of esters is 1. The standard InChI is InChI=1S/C17H16N2O2S/c1-3-21-17(20)16-9-13(10-22-16)11(2)12-4-5-14-15(8-12)19-7-6-18-14/h4-11H,3H2,1-2H3. The second kappa shape index (κ2) is 6.23. The zero-order valence-electron chi connectivity index (χ0n) is 12.4. The second-order valence-corrected chi connectivity index (χ2v) is 5.90. The molecule has 3 rings (SSSR count). The van der Waals surface area contributed by atoms with Crippen LogP contribution in [0, 0.1) is 0 Å². The van der Waals surface area contributed by atoms with Crippen LogP contribution >= 0.6 is 11.3 Å². The first kappa shape index (κ1) is 14.7. The van der Waals surface area contributed by atoms with Gasteiger partial charge < -0.3 is 4.74 Å². The lowest BCUT2D eigenvalue weighted by atomic mass is 9.95. The average Bonchev–Trinajstić information content (AvgIpc) is 3.04. The molecule has 0 bridgehead atoms. The highest BCUT2D eigenvalue weighted by Crippen LogP contribution is 2.29. The summed E-state index contributed by atoms with van der Waals surface area (Å²) in [7, 11) is 0. The largest absolute Gasteiger partial charge is 0.462 e. The third kappa shape index (κ3) is 2.85. The highest BCUT2D eigenvalue weighted by Gasteiger charge is 2.15. The molecule has 0 radical (unpaired) electrons. The first-order chi connectivity index (χ1) is 10.7. The van der Waals surface area contributed by atoms with Crippen LogP contribution in [0.3, 0.4) is 0 Å². The van der Waals surface area contributed by atoms with Crippen LogP contribution in [0.25, 0.3) is 11.0 Å². The van der Waals surface area contributed by atoms with E-state index in [0.29, 0.717) is 11.5 Å². The van der Waals surface area contributed by atoms with Crippen molar-refractivity contribution in [3.63, 3.8) is 0 Å². The fourth-order valence-electron chi connectivity index (χ4n) is 2.33. The van der Waals surface area contributed by atoms with Crippen molar-refractivity contribution in [2.75, 3.05) is 6.61 Å². The Hall–Kier alpha value is -2.27. The lowest BCUT2D eigenvalue weighted by molar-refractivity contribution is 0.0532. The molecule has 2 heterocycles. The minimum atomic E-state index is -0.254. The number of thiophene rings is 1. The lowest BCUT2D eigenvalue weighted by Crippen LogP contribution is -2.02. The predicted octanol–water partition coefficient (Wildman–Crippen LogP) is 4.02. The summed E-state index contributed by atoms with van der Waals surface area (Å²) in [6, 6.07) is 8.00. The van der Waals surface area contributed by atoms with Gasteiger partial charge in [0.2, 0.25) is 0 Å². The molecule has 0 aliphatic rings. The maximum Gasteiger partial charge on any atom is 0.348 e. The van der Waals surface area contributed by atoms with E-state index >= 15 is 0 Å². The molecule has 0 aliphatic carbocycles. The Labute approximate surface area is 132 Å². The van der Waals surface area contributed by atoms with Crippen LogP contribution in [0.15, 0.2) is 42.0 Å². The number of fused-ring (bicyclic) bond motifs is 1. The van der Waals surface area contributed by atoms with Crippen LogP contribution in [0.2, 0.25) is 0 Å². The minimum Gasteiger partial charge on any atom is -0.462 e. The van der Waals surface area contributed by atoms with Crippen LogP contribution < -0.4 is 0 Å². The SMILES string of the molecule is CCOC(=O)c1cc(C(C)c2ccc3nccnc3c2)cs1. The molecular formula is C17H16N2O2S. The van der Waals surface area contributed by atoms with E-state index in [1.807, 2.05) is 24.4 Å². The quantitative estimate of drug-likeness (QED) is 0.683. The molecule has 0 N–H and O–H groups in total. The van der Waals surface area contributed by atoms with E-state index in [2.05, 4.69) is 29.0 Å². The smallest absolute Gasteiger partial charge is 0.348 e. The fourth-order valence-corrected chi connectivity index (χ4v) is 3.22. The van der Waals surface area contributed by atoms with Gasteiger partial charge in [0.25, 0.3) is 0 Å². The van der Waals surface area contributed by atoms with E-state index in [1.165, 1.54) is 11.3 Å². The van der Waals surface area contributed by atoms with Gasteiger partial charge in [0, 0.05) is 18.3 Å². The molecule has 1 unspecified atom stereocenters. The summed E-state index contributed by atoms with van der Waals surface area (Å²) in [6.45, 7) is 4.32. The maximum absolute atomic E-state index is 11.8. The highest BCUT2D eigenvalue weighted by molar-refractivity contribution is 7.12. The van der Waals surface area contributed by atoms with Gasteiger partial charge in [-0.1, -0.05) is 13.0 Å². The molecule has 0 amide bonds. The van der Waals surface area contributed by atoms with Gasteiger partial charge >= 0.3 is 5.97 Å². The summed E-state index contributed by atoms with van der Waals surface area (Å²) < 4.78 is 5.04. The van der Waals surface area contributed by atoms with Crippen LogP contribution in [0.5, 0.6) is 0 Å². The molecule has 3 aromatic rings. The highest BCUT2D eigenvalue weighted by atomic mass is 32.1. The number of nitrogens with zero attached hydrogens (tertiary/aromatic N) is 2. The zero-order chi connectivity index (χ0) is 15.5. The molecule has 112 valence electrons. The Morgan fingerprint density at radius 2 is 1.95 bits per heavy atom. The van der Waals surface area contributed by atoms with Crippen LogP contribution in [0.4, 0.5) is 0 Å². The van der Waals surface area contributed by atoms with Gasteiger partial charge in [-0.05, 0) is 41.6 Å². The lowest BCUT2D eigenvalue weighted by Gasteiger charge is -2.10. The van der Waals surface area contributed by atoms with Gasteiger partial charge in [0.05, 0.1) is 17.6 Å². The maximum atomic E-state index is 11.8. The summed E-state index contributed by atoms with van der Waals surface area (Å²) >= 11 is 1.42. The van der Waals surface area contributed by atoms with Crippen molar-refractivity contribution in [1.82, 2.24) is 9.97 Å². The summed E-state index contributed by atoms with van der Waals surface area (Å²) in [5.74, 6) is -0.0684. The van der Waals surface area contributed by atoms with Crippen molar-refractivity contribution >= 4 is 28.3 Å². The second-order valence-electron chi connectivity index (χ2n) is 4.99. The number of hydrogen-bond donors (Lipinski definition) is 0.